The van der Waals surface area contributed by atoms with Crippen molar-refractivity contribution in [2.24, 2.45) is 0 Å². The van der Waals surface area contributed by atoms with Crippen LogP contribution in [0.2, 0.25) is 5.02 Å². The van der Waals surface area contributed by atoms with Crippen molar-refractivity contribution in [1.29, 1.82) is 0 Å². The zero-order valence-corrected chi connectivity index (χ0v) is 18.1. The van der Waals surface area contributed by atoms with Crippen LogP contribution in [0.5, 0.6) is 0 Å². The van der Waals surface area contributed by atoms with E-state index in [0.717, 1.165) is 5.56 Å². The molecule has 0 radical (unpaired) electrons. The predicted molar refractivity (Wildman–Crippen MR) is 117 cm³/mol. The summed E-state index contributed by atoms with van der Waals surface area (Å²) in [6, 6.07) is 14.2. The quantitative estimate of drug-likeness (QED) is 0.656. The van der Waals surface area contributed by atoms with E-state index in [4.69, 9.17) is 16.3 Å². The molecule has 2 aromatic carbocycles. The van der Waals surface area contributed by atoms with Crippen LogP contribution in [0.15, 0.2) is 59.8 Å². The lowest BCUT2D eigenvalue weighted by Gasteiger charge is -2.31. The summed E-state index contributed by atoms with van der Waals surface area (Å²) in [5.74, 6) is -0.454. The van der Waals surface area contributed by atoms with E-state index in [1.807, 2.05) is 19.2 Å². The van der Waals surface area contributed by atoms with Crippen LogP contribution < -0.4 is 10.6 Å². The lowest BCUT2D eigenvalue weighted by atomic mass is 9.95. The van der Waals surface area contributed by atoms with E-state index >= 15 is 0 Å². The van der Waals surface area contributed by atoms with Gasteiger partial charge < -0.3 is 15.4 Å². The fourth-order valence-electron chi connectivity index (χ4n) is 3.50. The first-order chi connectivity index (χ1) is 14.4. The Hall–Kier alpha value is -2.83. The minimum atomic E-state index is -0.614. The van der Waals surface area contributed by atoms with E-state index in [0.29, 0.717) is 29.4 Å². The first-order valence-electron chi connectivity index (χ1n) is 9.85. The van der Waals surface area contributed by atoms with Crippen molar-refractivity contribution in [1.82, 2.24) is 15.5 Å². The maximum Gasteiger partial charge on any atom is 0.338 e. The Labute approximate surface area is 181 Å². The van der Waals surface area contributed by atoms with Crippen LogP contribution in [0.3, 0.4) is 0 Å². The van der Waals surface area contributed by atoms with Crippen LogP contribution in [0.4, 0.5) is 4.79 Å². The van der Waals surface area contributed by atoms with Gasteiger partial charge in [0.1, 0.15) is 0 Å². The molecule has 1 aliphatic rings. The minimum Gasteiger partial charge on any atom is -0.463 e. The Kier molecular flexibility index (Phi) is 7.13. The zero-order chi connectivity index (χ0) is 21.7. The second-order valence-corrected chi connectivity index (χ2v) is 7.73. The monoisotopic (exact) mass is 427 g/mol. The molecule has 30 heavy (non-hydrogen) atoms. The second kappa shape index (κ2) is 9.78. The molecule has 6 nitrogen and oxygen atoms in total. The van der Waals surface area contributed by atoms with Crippen LogP contribution in [-0.4, -0.2) is 37.1 Å². The summed E-state index contributed by atoms with van der Waals surface area (Å²) in [5, 5.41) is 6.22. The summed E-state index contributed by atoms with van der Waals surface area (Å²) in [7, 11) is 1.95. The number of nitrogens with zero attached hydrogens (tertiary/aromatic N) is 1. The van der Waals surface area contributed by atoms with Crippen molar-refractivity contribution in [2.45, 2.75) is 26.4 Å². The van der Waals surface area contributed by atoms with Gasteiger partial charge in [-0.3, -0.25) is 4.90 Å². The number of rotatable bonds is 7. The summed E-state index contributed by atoms with van der Waals surface area (Å²) >= 11 is 6.01. The minimum absolute atomic E-state index is 0.246. The second-order valence-electron chi connectivity index (χ2n) is 7.29. The maximum absolute atomic E-state index is 12.8. The molecule has 1 aliphatic heterocycles. The Morgan fingerprint density at radius 1 is 1.13 bits per heavy atom. The van der Waals surface area contributed by atoms with Gasteiger partial charge in [0, 0.05) is 23.8 Å². The summed E-state index contributed by atoms with van der Waals surface area (Å²) in [6.45, 7) is 5.14. The number of benzene rings is 2. The van der Waals surface area contributed by atoms with Gasteiger partial charge in [0.15, 0.2) is 0 Å². The molecular formula is C23H26ClN3O3. The molecule has 3 rings (SSSR count). The average molecular weight is 428 g/mol. The number of amides is 2. The molecule has 0 spiro atoms. The fourth-order valence-corrected chi connectivity index (χ4v) is 3.63. The molecule has 1 unspecified atom stereocenters. The first-order valence-corrected chi connectivity index (χ1v) is 10.2. The number of halogens is 1. The number of nitrogens with one attached hydrogen (secondary N) is 2. The van der Waals surface area contributed by atoms with Crippen LogP contribution >= 0.6 is 11.6 Å². The molecule has 2 N–H and O–H groups in total. The number of esters is 1. The third-order valence-electron chi connectivity index (χ3n) is 4.98. The third-order valence-corrected chi connectivity index (χ3v) is 5.23. The van der Waals surface area contributed by atoms with Crippen LogP contribution in [0, 0.1) is 6.92 Å². The Morgan fingerprint density at radius 3 is 2.50 bits per heavy atom. The summed E-state index contributed by atoms with van der Waals surface area (Å²) < 4.78 is 5.31. The zero-order valence-electron chi connectivity index (χ0n) is 17.4. The van der Waals surface area contributed by atoms with Crippen LogP contribution in [0.1, 0.15) is 29.7 Å². The van der Waals surface area contributed by atoms with Gasteiger partial charge in [-0.15, -0.1) is 0 Å². The molecule has 7 heteroatoms. The van der Waals surface area contributed by atoms with E-state index in [1.165, 1.54) is 11.1 Å². The number of urea groups is 1. The number of ether oxygens (including phenoxy) is 1. The predicted octanol–water partition coefficient (Wildman–Crippen LogP) is 3.95. The first kappa shape index (κ1) is 21.9. The van der Waals surface area contributed by atoms with Crippen LogP contribution in [0.25, 0.3) is 0 Å². The fraction of sp³-hybridized carbons (Fsp3) is 0.304. The SMILES string of the molecule is CCOC(=O)C1=C(CN(C)Cc2ccccc2C)NC(=O)NC1c1ccc(Cl)cc1. The number of aryl methyl sites for hydroxylation is 1. The Morgan fingerprint density at radius 2 is 1.83 bits per heavy atom. The van der Waals surface area contributed by atoms with Gasteiger partial charge >= 0.3 is 12.0 Å². The molecular weight excluding hydrogens is 402 g/mol. The van der Waals surface area contributed by atoms with Crippen molar-refractivity contribution in [3.8, 4) is 0 Å². The van der Waals surface area contributed by atoms with Gasteiger partial charge in [0.05, 0.1) is 18.2 Å². The van der Waals surface area contributed by atoms with Crippen molar-refractivity contribution in [3.05, 3.63) is 81.5 Å². The topological polar surface area (TPSA) is 70.7 Å². The van der Waals surface area contributed by atoms with Crippen LogP contribution in [-0.2, 0) is 16.1 Å². The highest BCUT2D eigenvalue weighted by atomic mass is 35.5. The van der Waals surface area contributed by atoms with Crippen molar-refractivity contribution < 1.29 is 14.3 Å². The summed E-state index contributed by atoms with van der Waals surface area (Å²) in [4.78, 5) is 27.3. The largest absolute Gasteiger partial charge is 0.463 e. The number of hydrogen-bond acceptors (Lipinski definition) is 4. The Bertz CT molecular complexity index is 956. The van der Waals surface area contributed by atoms with Gasteiger partial charge in [-0.1, -0.05) is 48.0 Å². The number of carbonyl (C=O) groups excluding carboxylic acids is 2. The molecule has 0 fully saturated rings. The summed E-state index contributed by atoms with van der Waals surface area (Å²) in [6.07, 6.45) is 0. The van der Waals surface area contributed by atoms with Crippen molar-refractivity contribution >= 4 is 23.6 Å². The highest BCUT2D eigenvalue weighted by Gasteiger charge is 2.34. The molecule has 1 atom stereocenters. The van der Waals surface area contributed by atoms with Gasteiger partial charge in [0.2, 0.25) is 0 Å². The smallest absolute Gasteiger partial charge is 0.338 e. The lowest BCUT2D eigenvalue weighted by Crippen LogP contribution is -2.48. The van der Waals surface area contributed by atoms with Gasteiger partial charge in [-0.2, -0.15) is 0 Å². The molecule has 1 heterocycles. The van der Waals surface area contributed by atoms with Crippen molar-refractivity contribution in [3.63, 3.8) is 0 Å². The number of carbonyl (C=O) groups is 2. The normalized spacial score (nSPS) is 16.3. The van der Waals surface area contributed by atoms with Gasteiger partial charge in [-0.05, 0) is 49.7 Å². The highest BCUT2D eigenvalue weighted by Crippen LogP contribution is 2.29. The molecule has 0 saturated carbocycles. The summed E-state index contributed by atoms with van der Waals surface area (Å²) in [5.41, 5.74) is 4.07. The molecule has 2 amide bonds. The maximum atomic E-state index is 12.8. The van der Waals surface area contributed by atoms with E-state index < -0.39 is 12.0 Å². The number of hydrogen-bond donors (Lipinski definition) is 2. The molecule has 0 aromatic heterocycles. The molecule has 0 bridgehead atoms. The third kappa shape index (κ3) is 5.20. The lowest BCUT2D eigenvalue weighted by molar-refractivity contribution is -0.139. The van der Waals surface area contributed by atoms with E-state index in [9.17, 15) is 9.59 Å². The van der Waals surface area contributed by atoms with Gasteiger partial charge in [-0.25, -0.2) is 9.59 Å². The van der Waals surface area contributed by atoms with E-state index in [2.05, 4.69) is 34.6 Å². The Balaban J connectivity index is 1.94. The standard InChI is InChI=1S/C23H26ClN3O3/c1-4-30-22(28)20-19(14-27(3)13-17-8-6-5-7-15(17)2)25-23(29)26-21(20)16-9-11-18(24)12-10-16/h5-12,21H,4,13-14H2,1-3H3,(H2,25,26,29). The molecule has 158 valence electrons. The van der Waals surface area contributed by atoms with Gasteiger partial charge in [0.25, 0.3) is 0 Å². The number of likely N-dealkylation sites (N-methyl/N-ethyl adjacent to an activating group) is 1. The highest BCUT2D eigenvalue weighted by molar-refractivity contribution is 6.30. The average Bonchev–Trinajstić information content (AvgIpc) is 2.70. The van der Waals surface area contributed by atoms with E-state index in [1.54, 1.807) is 31.2 Å². The molecule has 0 saturated heterocycles. The van der Waals surface area contributed by atoms with E-state index in [-0.39, 0.29) is 12.6 Å². The molecule has 0 aliphatic carbocycles. The molecule has 2 aromatic rings. The van der Waals surface area contributed by atoms with Crippen molar-refractivity contribution in [2.75, 3.05) is 20.2 Å².